The summed E-state index contributed by atoms with van der Waals surface area (Å²) in [5.74, 6) is -3.01. The summed E-state index contributed by atoms with van der Waals surface area (Å²) in [6, 6.07) is 4.05. The summed E-state index contributed by atoms with van der Waals surface area (Å²) in [5.41, 5.74) is 4.94. The summed E-state index contributed by atoms with van der Waals surface area (Å²) in [6.45, 7) is 3.16. The van der Waals surface area contributed by atoms with Crippen molar-refractivity contribution in [1.82, 2.24) is 0 Å². The number of carbonyl (C=O) groups is 3. The van der Waals surface area contributed by atoms with Gasteiger partial charge in [0.25, 0.3) is 5.91 Å². The van der Waals surface area contributed by atoms with Crippen molar-refractivity contribution in [3.63, 3.8) is 0 Å². The van der Waals surface area contributed by atoms with Crippen LogP contribution in [0.5, 0.6) is 0 Å². The Morgan fingerprint density at radius 1 is 1.33 bits per heavy atom. The van der Waals surface area contributed by atoms with E-state index in [4.69, 9.17) is 26.5 Å². The maximum absolute atomic E-state index is 13.2. The number of halogens is 2. The van der Waals surface area contributed by atoms with Gasteiger partial charge in [0.1, 0.15) is 22.7 Å². The van der Waals surface area contributed by atoms with Crippen LogP contribution in [0.1, 0.15) is 33.4 Å². The number of benzene rings is 1. The number of amides is 2. The van der Waals surface area contributed by atoms with Crippen molar-refractivity contribution in [1.29, 1.82) is 0 Å². The van der Waals surface area contributed by atoms with E-state index < -0.39 is 23.6 Å². The van der Waals surface area contributed by atoms with Crippen molar-refractivity contribution in [2.45, 2.75) is 18.7 Å². The molecular weight excluding hydrogens is 399 g/mol. The first-order valence-corrected chi connectivity index (χ1v) is 9.09. The van der Waals surface area contributed by atoms with Crippen LogP contribution in [-0.4, -0.2) is 30.1 Å². The predicted octanol–water partition coefficient (Wildman–Crippen LogP) is 3.39. The fourth-order valence-corrected chi connectivity index (χ4v) is 3.18. The zero-order valence-electron chi connectivity index (χ0n) is 14.4. The monoisotopic (exact) mass is 414 g/mol. The Morgan fingerprint density at radius 3 is 2.63 bits per heavy atom. The lowest BCUT2D eigenvalue weighted by molar-refractivity contribution is -0.113. The third-order valence-corrected chi connectivity index (χ3v) is 4.61. The van der Waals surface area contributed by atoms with Crippen LogP contribution >= 0.6 is 23.4 Å². The van der Waals surface area contributed by atoms with Crippen molar-refractivity contribution in [2.24, 2.45) is 5.73 Å². The molecule has 0 saturated carbocycles. The Kier molecular flexibility index (Phi) is 6.86. The Bertz CT molecular complexity index is 900. The molecule has 1 aromatic heterocycles. The molecule has 0 unspecified atom stereocenters. The number of nitrogens with two attached hydrogens (primary N) is 1. The standard InChI is InChI=1S/C17H16ClFN2O5S/c1-3-25-17(24)13-8(2)26-16(14(13)15(20)23)21-12(22)7-27-9-4-5-11(19)10(18)6-9/h4-6H,3,7H2,1-2H3,(H2,20,23)(H,21,22). The number of primary amides is 1. The molecule has 0 radical (unpaired) electrons. The number of ether oxygens (including phenoxy) is 1. The fraction of sp³-hybridized carbons (Fsp3) is 0.235. The van der Waals surface area contributed by atoms with Crippen molar-refractivity contribution in [3.8, 4) is 0 Å². The van der Waals surface area contributed by atoms with E-state index in [1.807, 2.05) is 0 Å². The fourth-order valence-electron chi connectivity index (χ4n) is 2.20. The highest BCUT2D eigenvalue weighted by atomic mass is 35.5. The molecule has 0 bridgehead atoms. The van der Waals surface area contributed by atoms with Crippen molar-refractivity contribution in [2.75, 3.05) is 17.7 Å². The molecule has 0 fully saturated rings. The minimum atomic E-state index is -0.942. The first-order valence-electron chi connectivity index (χ1n) is 7.72. The summed E-state index contributed by atoms with van der Waals surface area (Å²) in [5, 5.41) is 2.35. The third kappa shape index (κ3) is 5.01. The maximum Gasteiger partial charge on any atom is 0.342 e. The van der Waals surface area contributed by atoms with Gasteiger partial charge < -0.3 is 14.9 Å². The molecule has 0 aliphatic carbocycles. The Labute approximate surface area is 163 Å². The van der Waals surface area contributed by atoms with Crippen molar-refractivity contribution >= 4 is 47.0 Å². The van der Waals surface area contributed by atoms with Gasteiger partial charge in [0.15, 0.2) is 0 Å². The second-order valence-corrected chi connectivity index (χ2v) is 6.69. The number of rotatable bonds is 7. The molecule has 2 rings (SSSR count). The SMILES string of the molecule is CCOC(=O)c1c(C)oc(NC(=O)CSc2ccc(F)c(Cl)c2)c1C(N)=O. The van der Waals surface area contributed by atoms with Gasteiger partial charge in [-0.2, -0.15) is 0 Å². The molecule has 2 amide bonds. The Balaban J connectivity index is 2.15. The van der Waals surface area contributed by atoms with Crippen molar-refractivity contribution in [3.05, 3.63) is 45.9 Å². The summed E-state index contributed by atoms with van der Waals surface area (Å²) >= 11 is 6.79. The molecule has 0 atom stereocenters. The van der Waals surface area contributed by atoms with Gasteiger partial charge in [-0.3, -0.25) is 14.9 Å². The summed E-state index contributed by atoms with van der Waals surface area (Å²) in [4.78, 5) is 36.5. The van der Waals surface area contributed by atoms with Crippen LogP contribution in [0.3, 0.4) is 0 Å². The lowest BCUT2D eigenvalue weighted by Gasteiger charge is -2.05. The second kappa shape index (κ2) is 8.92. The molecule has 1 heterocycles. The maximum atomic E-state index is 13.2. The summed E-state index contributed by atoms with van der Waals surface area (Å²) < 4.78 is 23.3. The summed E-state index contributed by atoms with van der Waals surface area (Å²) in [7, 11) is 0. The number of carbonyl (C=O) groups excluding carboxylic acids is 3. The molecule has 2 aromatic rings. The minimum Gasteiger partial charge on any atom is -0.462 e. The zero-order chi connectivity index (χ0) is 20.1. The number of esters is 1. The normalized spacial score (nSPS) is 10.5. The van der Waals surface area contributed by atoms with Crippen LogP contribution in [0, 0.1) is 12.7 Å². The summed E-state index contributed by atoms with van der Waals surface area (Å²) in [6.07, 6.45) is 0. The molecule has 144 valence electrons. The van der Waals surface area contributed by atoms with Gasteiger partial charge in [-0.15, -0.1) is 11.8 Å². The average Bonchev–Trinajstić information content (AvgIpc) is 2.92. The molecular formula is C17H16ClFN2O5S. The number of hydrogen-bond donors (Lipinski definition) is 2. The van der Waals surface area contributed by atoms with Crippen molar-refractivity contribution < 1.29 is 27.9 Å². The number of hydrogen-bond acceptors (Lipinski definition) is 6. The third-order valence-electron chi connectivity index (χ3n) is 3.32. The van der Waals surface area contributed by atoms with Crippen LogP contribution in [-0.2, 0) is 9.53 Å². The minimum absolute atomic E-state index is 0.0582. The molecule has 3 N–H and O–H groups in total. The Hall–Kier alpha value is -2.52. The van der Waals surface area contributed by atoms with E-state index in [1.54, 1.807) is 6.92 Å². The number of furan rings is 1. The molecule has 27 heavy (non-hydrogen) atoms. The van der Waals surface area contributed by atoms with E-state index >= 15 is 0 Å². The largest absolute Gasteiger partial charge is 0.462 e. The van der Waals surface area contributed by atoms with Crippen LogP contribution < -0.4 is 11.1 Å². The van der Waals surface area contributed by atoms with E-state index in [9.17, 15) is 18.8 Å². The van der Waals surface area contributed by atoms with Gasteiger partial charge >= 0.3 is 5.97 Å². The number of thioether (sulfide) groups is 1. The van der Waals surface area contributed by atoms with E-state index in [-0.39, 0.29) is 40.2 Å². The van der Waals surface area contributed by atoms with Crippen LogP contribution in [0.4, 0.5) is 10.3 Å². The van der Waals surface area contributed by atoms with Gasteiger partial charge in [0.2, 0.25) is 11.8 Å². The zero-order valence-corrected chi connectivity index (χ0v) is 16.0. The van der Waals surface area contributed by atoms with Gasteiger partial charge in [0, 0.05) is 4.90 Å². The van der Waals surface area contributed by atoms with Crippen LogP contribution in [0.15, 0.2) is 27.5 Å². The second-order valence-electron chi connectivity index (χ2n) is 5.23. The topological polar surface area (TPSA) is 112 Å². The molecule has 7 nitrogen and oxygen atoms in total. The number of nitrogens with one attached hydrogen (secondary N) is 1. The molecule has 0 aliphatic heterocycles. The smallest absolute Gasteiger partial charge is 0.342 e. The highest BCUT2D eigenvalue weighted by Crippen LogP contribution is 2.28. The highest BCUT2D eigenvalue weighted by Gasteiger charge is 2.29. The number of anilines is 1. The predicted molar refractivity (Wildman–Crippen MR) is 98.7 cm³/mol. The van der Waals surface area contributed by atoms with E-state index in [0.717, 1.165) is 11.8 Å². The van der Waals surface area contributed by atoms with E-state index in [2.05, 4.69) is 5.32 Å². The van der Waals surface area contributed by atoms with Gasteiger partial charge in [-0.05, 0) is 32.0 Å². The van der Waals surface area contributed by atoms with Gasteiger partial charge in [-0.25, -0.2) is 9.18 Å². The highest BCUT2D eigenvalue weighted by molar-refractivity contribution is 8.00. The quantitative estimate of drug-likeness (QED) is 0.530. The number of aryl methyl sites for hydroxylation is 1. The Morgan fingerprint density at radius 2 is 2.04 bits per heavy atom. The van der Waals surface area contributed by atoms with Crippen LogP contribution in [0.2, 0.25) is 5.02 Å². The molecule has 10 heteroatoms. The molecule has 0 saturated heterocycles. The van der Waals surface area contributed by atoms with Crippen LogP contribution in [0.25, 0.3) is 0 Å². The average molecular weight is 415 g/mol. The van der Waals surface area contributed by atoms with Gasteiger partial charge in [-0.1, -0.05) is 11.6 Å². The van der Waals surface area contributed by atoms with Gasteiger partial charge in [0.05, 0.1) is 17.4 Å². The lowest BCUT2D eigenvalue weighted by atomic mass is 10.1. The molecule has 0 aliphatic rings. The van der Waals surface area contributed by atoms with E-state index in [0.29, 0.717) is 4.90 Å². The lowest BCUT2D eigenvalue weighted by Crippen LogP contribution is -2.21. The first-order chi connectivity index (χ1) is 12.7. The first kappa shape index (κ1) is 20.8. The molecule has 1 aromatic carbocycles. The molecule has 0 spiro atoms. The van der Waals surface area contributed by atoms with E-state index in [1.165, 1.54) is 25.1 Å².